The van der Waals surface area contributed by atoms with E-state index in [0.717, 1.165) is 31.1 Å². The third kappa shape index (κ3) is 3.39. The molecule has 0 radical (unpaired) electrons. The van der Waals surface area contributed by atoms with Crippen LogP contribution in [0.3, 0.4) is 0 Å². The molecule has 2 nitrogen and oxygen atoms in total. The zero-order valence-corrected chi connectivity index (χ0v) is 11.1. The second kappa shape index (κ2) is 6.77. The van der Waals surface area contributed by atoms with E-state index < -0.39 is 0 Å². The molecule has 1 aromatic carbocycles. The number of nitrogens with zero attached hydrogens (tertiary/aromatic N) is 1. The zero-order chi connectivity index (χ0) is 12.0. The molecular weight excluding hydrogens is 220 g/mol. The van der Waals surface area contributed by atoms with Crippen LogP contribution in [0.4, 0.5) is 5.69 Å². The fourth-order valence-electron chi connectivity index (χ4n) is 1.91. The summed E-state index contributed by atoms with van der Waals surface area (Å²) in [5.41, 5.74) is 2.56. The van der Waals surface area contributed by atoms with Crippen LogP contribution in [0.15, 0.2) is 18.2 Å². The van der Waals surface area contributed by atoms with Gasteiger partial charge in [-0.15, -0.1) is 0 Å². The molecular formula is C13H21ClN2. The van der Waals surface area contributed by atoms with Crippen molar-refractivity contribution in [1.29, 1.82) is 0 Å². The molecule has 0 aromatic heterocycles. The molecule has 1 N–H and O–H groups in total. The van der Waals surface area contributed by atoms with E-state index in [-0.39, 0.29) is 0 Å². The van der Waals surface area contributed by atoms with E-state index >= 15 is 0 Å². The smallest absolute Gasteiger partial charge is 0.0412 e. The van der Waals surface area contributed by atoms with E-state index in [4.69, 9.17) is 11.6 Å². The first-order chi connectivity index (χ1) is 7.72. The predicted octanol–water partition coefficient (Wildman–Crippen LogP) is 3.30. The molecule has 0 aliphatic rings. The van der Waals surface area contributed by atoms with E-state index in [1.807, 2.05) is 19.2 Å². The van der Waals surface area contributed by atoms with Crippen molar-refractivity contribution >= 4 is 17.3 Å². The molecule has 0 aliphatic carbocycles. The molecule has 1 rings (SSSR count). The monoisotopic (exact) mass is 240 g/mol. The van der Waals surface area contributed by atoms with Gasteiger partial charge in [-0.3, -0.25) is 0 Å². The molecule has 0 fully saturated rings. The van der Waals surface area contributed by atoms with Crippen molar-refractivity contribution in [2.75, 3.05) is 25.0 Å². The van der Waals surface area contributed by atoms with Crippen molar-refractivity contribution in [3.8, 4) is 0 Å². The second-order valence-corrected chi connectivity index (χ2v) is 4.32. The second-order valence-electron chi connectivity index (χ2n) is 3.88. The molecule has 3 heteroatoms. The first kappa shape index (κ1) is 13.3. The summed E-state index contributed by atoms with van der Waals surface area (Å²) in [6, 6.07) is 6.13. The van der Waals surface area contributed by atoms with Crippen LogP contribution in [-0.2, 0) is 6.54 Å². The van der Waals surface area contributed by atoms with Gasteiger partial charge in [-0.1, -0.05) is 18.5 Å². The fourth-order valence-corrected chi connectivity index (χ4v) is 2.11. The highest BCUT2D eigenvalue weighted by Gasteiger charge is 2.08. The predicted molar refractivity (Wildman–Crippen MR) is 72.4 cm³/mol. The lowest BCUT2D eigenvalue weighted by Gasteiger charge is -2.25. The molecule has 16 heavy (non-hydrogen) atoms. The maximum atomic E-state index is 6.03. The lowest BCUT2D eigenvalue weighted by Crippen LogP contribution is -2.25. The summed E-state index contributed by atoms with van der Waals surface area (Å²) in [5.74, 6) is 0. The Bertz CT molecular complexity index is 326. The highest BCUT2D eigenvalue weighted by atomic mass is 35.5. The van der Waals surface area contributed by atoms with Gasteiger partial charge in [0.15, 0.2) is 0 Å². The Morgan fingerprint density at radius 2 is 2.06 bits per heavy atom. The minimum atomic E-state index is 0.807. The Morgan fingerprint density at radius 1 is 1.31 bits per heavy atom. The third-order valence-electron chi connectivity index (χ3n) is 2.62. The van der Waals surface area contributed by atoms with Gasteiger partial charge in [-0.05, 0) is 44.2 Å². The van der Waals surface area contributed by atoms with Gasteiger partial charge in [0.2, 0.25) is 0 Å². The number of hydrogen-bond donors (Lipinski definition) is 1. The van der Waals surface area contributed by atoms with Gasteiger partial charge < -0.3 is 10.2 Å². The SMILES string of the molecule is CCCN(CC)c1ccc(Cl)cc1CNC. The van der Waals surface area contributed by atoms with Gasteiger partial charge in [0.25, 0.3) is 0 Å². The molecule has 0 bridgehead atoms. The van der Waals surface area contributed by atoms with E-state index in [2.05, 4.69) is 30.1 Å². The van der Waals surface area contributed by atoms with Crippen LogP contribution < -0.4 is 10.2 Å². The van der Waals surface area contributed by atoms with Crippen LogP contribution in [0, 0.1) is 0 Å². The highest BCUT2D eigenvalue weighted by molar-refractivity contribution is 6.30. The number of nitrogens with one attached hydrogen (secondary N) is 1. The topological polar surface area (TPSA) is 15.3 Å². The quantitative estimate of drug-likeness (QED) is 0.821. The number of anilines is 1. The standard InChI is InChI=1S/C13H21ClN2/c1-4-8-16(5-2)13-7-6-12(14)9-11(13)10-15-3/h6-7,9,15H,4-5,8,10H2,1-3H3. The summed E-state index contributed by atoms with van der Waals surface area (Å²) >= 11 is 6.03. The Morgan fingerprint density at radius 3 is 2.62 bits per heavy atom. The molecule has 0 aliphatic heterocycles. The van der Waals surface area contributed by atoms with Crippen molar-refractivity contribution in [1.82, 2.24) is 5.32 Å². The van der Waals surface area contributed by atoms with Gasteiger partial charge in [-0.25, -0.2) is 0 Å². The van der Waals surface area contributed by atoms with Crippen LogP contribution in [0.1, 0.15) is 25.8 Å². The van der Waals surface area contributed by atoms with Crippen molar-refractivity contribution in [2.24, 2.45) is 0 Å². The Hall–Kier alpha value is -0.730. The highest BCUT2D eigenvalue weighted by Crippen LogP contribution is 2.24. The molecule has 0 atom stereocenters. The van der Waals surface area contributed by atoms with Gasteiger partial charge in [0, 0.05) is 30.3 Å². The summed E-state index contributed by atoms with van der Waals surface area (Å²) in [6.45, 7) is 7.38. The van der Waals surface area contributed by atoms with Crippen LogP contribution >= 0.6 is 11.6 Å². The van der Waals surface area contributed by atoms with Gasteiger partial charge in [-0.2, -0.15) is 0 Å². The summed E-state index contributed by atoms with van der Waals surface area (Å²) in [4.78, 5) is 2.39. The van der Waals surface area contributed by atoms with Crippen molar-refractivity contribution < 1.29 is 0 Å². The third-order valence-corrected chi connectivity index (χ3v) is 2.86. The number of benzene rings is 1. The van der Waals surface area contributed by atoms with Crippen LogP contribution in [0.5, 0.6) is 0 Å². The summed E-state index contributed by atoms with van der Waals surface area (Å²) < 4.78 is 0. The fraction of sp³-hybridized carbons (Fsp3) is 0.538. The van der Waals surface area contributed by atoms with Crippen molar-refractivity contribution in [3.05, 3.63) is 28.8 Å². The molecule has 0 heterocycles. The van der Waals surface area contributed by atoms with Gasteiger partial charge >= 0.3 is 0 Å². The Kier molecular flexibility index (Phi) is 5.64. The van der Waals surface area contributed by atoms with Crippen molar-refractivity contribution in [3.63, 3.8) is 0 Å². The number of rotatable bonds is 6. The summed E-state index contributed by atoms with van der Waals surface area (Å²) in [6.07, 6.45) is 1.16. The van der Waals surface area contributed by atoms with Crippen LogP contribution in [0.2, 0.25) is 5.02 Å². The minimum absolute atomic E-state index is 0.807. The summed E-state index contributed by atoms with van der Waals surface area (Å²) in [7, 11) is 1.96. The number of hydrogen-bond acceptors (Lipinski definition) is 2. The largest absolute Gasteiger partial charge is 0.372 e. The first-order valence-electron chi connectivity index (χ1n) is 5.90. The Labute approximate surface area is 104 Å². The van der Waals surface area contributed by atoms with Crippen LogP contribution in [-0.4, -0.2) is 20.1 Å². The molecule has 1 aromatic rings. The maximum absolute atomic E-state index is 6.03. The molecule has 0 saturated carbocycles. The van der Waals surface area contributed by atoms with E-state index in [1.54, 1.807) is 0 Å². The van der Waals surface area contributed by atoms with E-state index in [9.17, 15) is 0 Å². The molecule has 0 unspecified atom stereocenters. The average molecular weight is 241 g/mol. The van der Waals surface area contributed by atoms with Crippen molar-refractivity contribution in [2.45, 2.75) is 26.8 Å². The maximum Gasteiger partial charge on any atom is 0.0412 e. The minimum Gasteiger partial charge on any atom is -0.372 e. The van der Waals surface area contributed by atoms with Crippen LogP contribution in [0.25, 0.3) is 0 Å². The summed E-state index contributed by atoms with van der Waals surface area (Å²) in [5, 5.41) is 3.99. The Balaban J connectivity index is 2.99. The molecule has 0 saturated heterocycles. The normalized spacial score (nSPS) is 10.5. The van der Waals surface area contributed by atoms with E-state index in [1.165, 1.54) is 11.3 Å². The zero-order valence-electron chi connectivity index (χ0n) is 10.4. The molecule has 0 spiro atoms. The average Bonchev–Trinajstić information content (AvgIpc) is 2.27. The lowest BCUT2D eigenvalue weighted by atomic mass is 10.1. The van der Waals surface area contributed by atoms with E-state index in [0.29, 0.717) is 0 Å². The van der Waals surface area contributed by atoms with Gasteiger partial charge in [0.1, 0.15) is 0 Å². The molecule has 0 amide bonds. The number of halogens is 1. The molecule has 90 valence electrons. The lowest BCUT2D eigenvalue weighted by molar-refractivity contribution is 0.767. The van der Waals surface area contributed by atoms with Gasteiger partial charge in [0.05, 0.1) is 0 Å². The first-order valence-corrected chi connectivity index (χ1v) is 6.28.